The Morgan fingerprint density at radius 2 is 2.60 bits per heavy atom. The van der Waals surface area contributed by atoms with Gasteiger partial charge in [0.05, 0.1) is 0 Å². The van der Waals surface area contributed by atoms with Crippen LogP contribution in [0.4, 0.5) is 0 Å². The van der Waals surface area contributed by atoms with Gasteiger partial charge < -0.3 is 5.01 Å². The first-order valence-corrected chi connectivity index (χ1v) is 4.74. The predicted molar refractivity (Wildman–Crippen MR) is 51.9 cm³/mol. The summed E-state index contributed by atoms with van der Waals surface area (Å²) in [6.45, 7) is 6.47. The van der Waals surface area contributed by atoms with Crippen molar-refractivity contribution in [1.82, 2.24) is 10.4 Å². The van der Waals surface area contributed by atoms with Crippen molar-refractivity contribution in [2.24, 2.45) is 0 Å². The highest BCUT2D eigenvalue weighted by molar-refractivity contribution is 14.1. The van der Waals surface area contributed by atoms with Gasteiger partial charge in [-0.2, -0.15) is 0 Å². The molecular formula is C7H13IN2. The van der Waals surface area contributed by atoms with Crippen LogP contribution in [0.3, 0.4) is 0 Å². The Morgan fingerprint density at radius 1 is 1.90 bits per heavy atom. The maximum Gasteiger partial charge on any atom is 0.0453 e. The molecule has 0 radical (unpaired) electrons. The molecule has 1 heterocycles. The molecule has 0 saturated heterocycles. The fourth-order valence-electron chi connectivity index (χ4n) is 0.972. The molecule has 0 saturated carbocycles. The van der Waals surface area contributed by atoms with Gasteiger partial charge in [0.1, 0.15) is 0 Å². The highest BCUT2D eigenvalue weighted by Crippen LogP contribution is 2.06. The minimum absolute atomic E-state index is 0.701. The van der Waals surface area contributed by atoms with Crippen molar-refractivity contribution >= 4 is 22.6 Å². The third kappa shape index (κ3) is 2.46. The van der Waals surface area contributed by atoms with E-state index in [4.69, 9.17) is 0 Å². The number of hydrogen-bond acceptors (Lipinski definition) is 2. The number of nitrogens with one attached hydrogen (secondary N) is 1. The van der Waals surface area contributed by atoms with Gasteiger partial charge in [0.15, 0.2) is 0 Å². The Labute approximate surface area is 75.8 Å². The molecular weight excluding hydrogens is 239 g/mol. The maximum atomic E-state index is 3.27. The second-order valence-corrected chi connectivity index (χ2v) is 4.87. The van der Waals surface area contributed by atoms with Gasteiger partial charge >= 0.3 is 0 Å². The molecule has 1 N–H and O–H groups in total. The van der Waals surface area contributed by atoms with E-state index in [0.717, 1.165) is 13.1 Å². The van der Waals surface area contributed by atoms with E-state index in [9.17, 15) is 0 Å². The topological polar surface area (TPSA) is 15.3 Å². The lowest BCUT2D eigenvalue weighted by Crippen LogP contribution is -2.32. The normalized spacial score (nSPS) is 21.1. The first kappa shape index (κ1) is 8.33. The van der Waals surface area contributed by atoms with E-state index in [-0.39, 0.29) is 0 Å². The van der Waals surface area contributed by atoms with Crippen LogP contribution in [0.15, 0.2) is 11.8 Å². The molecule has 1 rings (SSSR count). The zero-order valence-corrected chi connectivity index (χ0v) is 8.55. The van der Waals surface area contributed by atoms with Gasteiger partial charge in [0, 0.05) is 23.2 Å². The van der Waals surface area contributed by atoms with Gasteiger partial charge in [0.2, 0.25) is 0 Å². The van der Waals surface area contributed by atoms with Crippen LogP contribution in [0.1, 0.15) is 13.8 Å². The van der Waals surface area contributed by atoms with E-state index < -0.39 is 0 Å². The van der Waals surface area contributed by atoms with Crippen LogP contribution in [0, 0.1) is 0 Å². The first-order chi connectivity index (χ1) is 4.68. The average molecular weight is 252 g/mol. The molecule has 0 aromatic carbocycles. The molecule has 1 aliphatic heterocycles. The minimum atomic E-state index is 0.701. The zero-order valence-electron chi connectivity index (χ0n) is 6.39. The number of hydrazine groups is 1. The summed E-state index contributed by atoms with van der Waals surface area (Å²) in [7, 11) is 0. The fourth-order valence-corrected chi connectivity index (χ4v) is 1.40. The zero-order chi connectivity index (χ0) is 7.56. The molecule has 0 aromatic rings. The second-order valence-electron chi connectivity index (χ2n) is 2.74. The molecule has 0 aliphatic carbocycles. The van der Waals surface area contributed by atoms with Crippen molar-refractivity contribution in [3.8, 4) is 0 Å². The van der Waals surface area contributed by atoms with E-state index in [0.29, 0.717) is 3.92 Å². The van der Waals surface area contributed by atoms with Gasteiger partial charge in [-0.05, 0) is 12.5 Å². The van der Waals surface area contributed by atoms with Crippen LogP contribution in [0.2, 0.25) is 0 Å². The molecule has 3 heteroatoms. The molecule has 0 amide bonds. The highest BCUT2D eigenvalue weighted by atomic mass is 127. The summed E-state index contributed by atoms with van der Waals surface area (Å²) in [6, 6.07) is 0. The van der Waals surface area contributed by atoms with E-state index in [1.54, 1.807) is 0 Å². The molecule has 0 spiro atoms. The molecule has 1 unspecified atom stereocenters. The van der Waals surface area contributed by atoms with Crippen molar-refractivity contribution in [1.29, 1.82) is 0 Å². The third-order valence-electron chi connectivity index (χ3n) is 1.39. The van der Waals surface area contributed by atoms with Crippen molar-refractivity contribution < 1.29 is 0 Å². The lowest BCUT2D eigenvalue weighted by atomic mass is 10.3. The summed E-state index contributed by atoms with van der Waals surface area (Å²) >= 11 is 2.43. The Hall–Kier alpha value is 0.230. The second kappa shape index (κ2) is 3.57. The third-order valence-corrected chi connectivity index (χ3v) is 1.78. The molecule has 10 heavy (non-hydrogen) atoms. The molecule has 0 fully saturated rings. The summed E-state index contributed by atoms with van der Waals surface area (Å²) in [5.74, 6) is 0. The number of rotatable bonds is 2. The number of halogens is 1. The number of nitrogens with zero attached hydrogens (tertiary/aromatic N) is 1. The summed E-state index contributed by atoms with van der Waals surface area (Å²) in [6.07, 6.45) is 2.18. The van der Waals surface area contributed by atoms with Crippen molar-refractivity contribution in [2.45, 2.75) is 17.8 Å². The molecule has 0 bridgehead atoms. The summed E-state index contributed by atoms with van der Waals surface area (Å²) in [4.78, 5) is 0. The summed E-state index contributed by atoms with van der Waals surface area (Å²) in [5.41, 5.74) is 4.69. The quantitative estimate of drug-likeness (QED) is 0.592. The van der Waals surface area contributed by atoms with Crippen LogP contribution >= 0.6 is 22.6 Å². The number of hydrogen-bond donors (Lipinski definition) is 1. The smallest absolute Gasteiger partial charge is 0.0453 e. The van der Waals surface area contributed by atoms with Crippen molar-refractivity contribution in [3.05, 3.63) is 11.8 Å². The maximum absolute atomic E-state index is 3.27. The van der Waals surface area contributed by atoms with Crippen LogP contribution in [-0.4, -0.2) is 22.0 Å². The van der Waals surface area contributed by atoms with E-state index in [1.165, 1.54) is 5.57 Å². The first-order valence-electron chi connectivity index (χ1n) is 3.50. The molecule has 1 aliphatic rings. The Kier molecular flexibility index (Phi) is 2.97. The van der Waals surface area contributed by atoms with Crippen LogP contribution in [-0.2, 0) is 0 Å². The molecule has 0 aromatic heterocycles. The van der Waals surface area contributed by atoms with Crippen molar-refractivity contribution in [3.63, 3.8) is 0 Å². The van der Waals surface area contributed by atoms with E-state index in [1.807, 2.05) is 0 Å². The van der Waals surface area contributed by atoms with Gasteiger partial charge in [-0.15, -0.1) is 0 Å². The van der Waals surface area contributed by atoms with Crippen LogP contribution in [0.25, 0.3) is 0 Å². The Bertz CT molecular complexity index is 143. The van der Waals surface area contributed by atoms with Gasteiger partial charge in [0.25, 0.3) is 0 Å². The predicted octanol–water partition coefficient (Wildman–Crippen LogP) is 1.53. The highest BCUT2D eigenvalue weighted by Gasteiger charge is 2.08. The van der Waals surface area contributed by atoms with Gasteiger partial charge in [-0.25, -0.2) is 5.43 Å². The average Bonchev–Trinajstić information content (AvgIpc) is 2.13. The van der Waals surface area contributed by atoms with E-state index >= 15 is 0 Å². The Morgan fingerprint density at radius 3 is 3.00 bits per heavy atom. The largest absolute Gasteiger partial charge is 0.314 e. The fraction of sp³-hybridized carbons (Fsp3) is 0.714. The monoisotopic (exact) mass is 252 g/mol. The van der Waals surface area contributed by atoms with Crippen LogP contribution < -0.4 is 5.43 Å². The number of alkyl halides is 1. The summed E-state index contributed by atoms with van der Waals surface area (Å²) in [5, 5.41) is 2.16. The van der Waals surface area contributed by atoms with Crippen molar-refractivity contribution in [2.75, 3.05) is 13.1 Å². The summed E-state index contributed by atoms with van der Waals surface area (Å²) < 4.78 is 0.701. The molecule has 1 atom stereocenters. The van der Waals surface area contributed by atoms with E-state index in [2.05, 4.69) is 53.1 Å². The van der Waals surface area contributed by atoms with Gasteiger partial charge in [-0.1, -0.05) is 29.5 Å². The van der Waals surface area contributed by atoms with Crippen LogP contribution in [0.5, 0.6) is 0 Å². The lowest BCUT2D eigenvalue weighted by Gasteiger charge is -2.16. The Balaban J connectivity index is 2.31. The standard InChI is InChI=1S/C7H13IN2/c1-6-3-9-10(4-6)5-7(2)8/h4,7,9H,3,5H2,1-2H3. The SMILES string of the molecule is CC1=CN(CC(C)I)NC1. The lowest BCUT2D eigenvalue weighted by molar-refractivity contribution is 0.313. The van der Waals surface area contributed by atoms with Gasteiger partial charge in [-0.3, -0.25) is 0 Å². The molecule has 2 nitrogen and oxygen atoms in total. The minimum Gasteiger partial charge on any atom is -0.314 e. The molecule has 58 valence electrons.